The zero-order valence-corrected chi connectivity index (χ0v) is 15.4. The van der Waals surface area contributed by atoms with Crippen LogP contribution in [0.3, 0.4) is 0 Å². The topological polar surface area (TPSA) is 114 Å². The van der Waals surface area contributed by atoms with E-state index in [1.165, 1.54) is 25.3 Å². The van der Waals surface area contributed by atoms with Crippen LogP contribution in [0.2, 0.25) is 0 Å². The van der Waals surface area contributed by atoms with Gasteiger partial charge in [0, 0.05) is 12.7 Å². The number of benzene rings is 1. The molecule has 0 aliphatic rings. The van der Waals surface area contributed by atoms with Crippen LogP contribution in [-0.4, -0.2) is 59.1 Å². The van der Waals surface area contributed by atoms with Crippen LogP contribution in [0.5, 0.6) is 0 Å². The number of aromatic nitrogens is 2. The molecule has 1 atom stereocenters. The molecular formula is C17H20F3N3O5. The highest BCUT2D eigenvalue weighted by molar-refractivity contribution is 5.99. The van der Waals surface area contributed by atoms with Crippen LogP contribution in [0.15, 0.2) is 18.2 Å². The molecule has 0 saturated carbocycles. The molecule has 0 aliphatic carbocycles. The van der Waals surface area contributed by atoms with Crippen molar-refractivity contribution in [2.75, 3.05) is 20.3 Å². The molecule has 0 aliphatic heterocycles. The number of imidazole rings is 1. The Balaban J connectivity index is 2.29. The van der Waals surface area contributed by atoms with Gasteiger partial charge in [0.05, 0.1) is 17.6 Å². The molecule has 0 radical (unpaired) electrons. The van der Waals surface area contributed by atoms with Gasteiger partial charge in [-0.3, -0.25) is 4.79 Å². The van der Waals surface area contributed by atoms with Crippen LogP contribution in [0.1, 0.15) is 36.1 Å². The second-order valence-electron chi connectivity index (χ2n) is 6.53. The number of carboxylic acid groups (broad SMARTS) is 1. The SMILES string of the molecule is COCC(=O)c1ccc2nc(C(COC(C)(C)C(F)(F)F)NC(=O)O)[nH]c2c1. The number of alkyl halides is 3. The number of halogens is 3. The number of H-pyrrole nitrogens is 1. The van der Waals surface area contributed by atoms with Gasteiger partial charge in [0.2, 0.25) is 0 Å². The zero-order chi connectivity index (χ0) is 21.1. The van der Waals surface area contributed by atoms with Gasteiger partial charge in [0.25, 0.3) is 0 Å². The molecule has 2 aromatic rings. The highest BCUT2D eigenvalue weighted by Gasteiger charge is 2.49. The maximum atomic E-state index is 13.0. The number of nitrogens with one attached hydrogen (secondary N) is 2. The number of carbonyl (C=O) groups excluding carboxylic acids is 1. The number of methoxy groups -OCH3 is 1. The summed E-state index contributed by atoms with van der Waals surface area (Å²) in [6, 6.07) is 3.39. The molecule has 154 valence electrons. The first-order valence-electron chi connectivity index (χ1n) is 8.16. The van der Waals surface area contributed by atoms with Gasteiger partial charge in [-0.25, -0.2) is 9.78 Å². The fraction of sp³-hybridized carbons (Fsp3) is 0.471. The third-order valence-corrected chi connectivity index (χ3v) is 4.02. The van der Waals surface area contributed by atoms with Crippen LogP contribution < -0.4 is 5.32 Å². The molecule has 1 heterocycles. The van der Waals surface area contributed by atoms with E-state index in [9.17, 15) is 22.8 Å². The summed E-state index contributed by atoms with van der Waals surface area (Å²) in [5, 5.41) is 11.1. The lowest BCUT2D eigenvalue weighted by atomic mass is 10.1. The minimum absolute atomic E-state index is 0.0618. The monoisotopic (exact) mass is 403 g/mol. The number of hydrogen-bond acceptors (Lipinski definition) is 5. The largest absolute Gasteiger partial charge is 0.465 e. The van der Waals surface area contributed by atoms with Crippen molar-refractivity contribution in [2.24, 2.45) is 0 Å². The van der Waals surface area contributed by atoms with Crippen LogP contribution in [0.25, 0.3) is 11.0 Å². The zero-order valence-electron chi connectivity index (χ0n) is 15.4. The average molecular weight is 403 g/mol. The second kappa shape index (κ2) is 8.15. The van der Waals surface area contributed by atoms with Crippen molar-refractivity contribution in [2.45, 2.75) is 31.7 Å². The van der Waals surface area contributed by atoms with Crippen LogP contribution in [0.4, 0.5) is 18.0 Å². The van der Waals surface area contributed by atoms with E-state index in [0.29, 0.717) is 16.6 Å². The smallest absolute Gasteiger partial charge is 0.416 e. The lowest BCUT2D eigenvalue weighted by molar-refractivity contribution is -0.265. The van der Waals surface area contributed by atoms with E-state index in [4.69, 9.17) is 14.6 Å². The summed E-state index contributed by atoms with van der Waals surface area (Å²) in [6.45, 7) is 0.971. The maximum absolute atomic E-state index is 13.0. The van der Waals surface area contributed by atoms with Crippen LogP contribution in [-0.2, 0) is 9.47 Å². The van der Waals surface area contributed by atoms with E-state index in [2.05, 4.69) is 15.3 Å². The third-order valence-electron chi connectivity index (χ3n) is 4.02. The van der Waals surface area contributed by atoms with Gasteiger partial charge in [0.1, 0.15) is 18.5 Å². The number of fused-ring (bicyclic) bond motifs is 1. The lowest BCUT2D eigenvalue weighted by Gasteiger charge is -2.29. The van der Waals surface area contributed by atoms with E-state index in [1.807, 2.05) is 0 Å². The fourth-order valence-electron chi connectivity index (χ4n) is 2.29. The fourth-order valence-corrected chi connectivity index (χ4v) is 2.29. The molecule has 11 heteroatoms. The van der Waals surface area contributed by atoms with E-state index in [-0.39, 0.29) is 18.2 Å². The highest BCUT2D eigenvalue weighted by Crippen LogP contribution is 2.33. The molecule has 1 unspecified atom stereocenters. The molecule has 1 aromatic heterocycles. The summed E-state index contributed by atoms with van der Waals surface area (Å²) in [4.78, 5) is 30.0. The summed E-state index contributed by atoms with van der Waals surface area (Å²) < 4.78 is 48.6. The Morgan fingerprint density at radius 1 is 1.32 bits per heavy atom. The molecule has 3 N–H and O–H groups in total. The number of rotatable bonds is 8. The first-order chi connectivity index (χ1) is 12.9. The van der Waals surface area contributed by atoms with E-state index >= 15 is 0 Å². The highest BCUT2D eigenvalue weighted by atomic mass is 19.4. The number of Topliss-reactive ketones (excluding diaryl/α,β-unsaturated/α-hetero) is 1. The summed E-state index contributed by atoms with van der Waals surface area (Å²) in [6.07, 6.45) is -6.08. The van der Waals surface area contributed by atoms with E-state index in [1.54, 1.807) is 0 Å². The van der Waals surface area contributed by atoms with Crippen molar-refractivity contribution in [3.05, 3.63) is 29.6 Å². The summed E-state index contributed by atoms with van der Waals surface area (Å²) >= 11 is 0. The van der Waals surface area contributed by atoms with Gasteiger partial charge in [0.15, 0.2) is 11.4 Å². The molecular weight excluding hydrogens is 383 g/mol. The predicted molar refractivity (Wildman–Crippen MR) is 92.3 cm³/mol. The lowest BCUT2D eigenvalue weighted by Crippen LogP contribution is -2.44. The van der Waals surface area contributed by atoms with Crippen molar-refractivity contribution in [3.8, 4) is 0 Å². The number of carbonyl (C=O) groups is 2. The van der Waals surface area contributed by atoms with Gasteiger partial charge < -0.3 is 24.9 Å². The van der Waals surface area contributed by atoms with Crippen molar-refractivity contribution in [3.63, 3.8) is 0 Å². The molecule has 0 spiro atoms. The molecule has 1 amide bonds. The average Bonchev–Trinajstić information content (AvgIpc) is 3.00. The van der Waals surface area contributed by atoms with Crippen molar-refractivity contribution in [1.82, 2.24) is 15.3 Å². The normalized spacial score (nSPS) is 13.5. The maximum Gasteiger partial charge on any atom is 0.416 e. The Labute approximate surface area is 158 Å². The number of nitrogens with zero attached hydrogens (tertiary/aromatic N) is 1. The quantitative estimate of drug-likeness (QED) is 0.584. The molecule has 0 fully saturated rings. The molecule has 1 aromatic carbocycles. The Hall–Kier alpha value is -2.66. The van der Waals surface area contributed by atoms with E-state index in [0.717, 1.165) is 13.8 Å². The first kappa shape index (κ1) is 21.6. The summed E-state index contributed by atoms with van der Waals surface area (Å²) in [5.74, 6) is -0.206. The molecule has 8 nitrogen and oxygen atoms in total. The van der Waals surface area contributed by atoms with Gasteiger partial charge in [-0.15, -0.1) is 0 Å². The summed E-state index contributed by atoms with van der Waals surface area (Å²) in [5.41, 5.74) is -1.29. The standard InChI is InChI=1S/C17H20F3N3O5/c1-16(2,17(18,19)20)28-7-12(23-15(25)26)14-21-10-5-4-9(6-11(10)22-14)13(24)8-27-3/h4-6,12,23H,7-8H2,1-3H3,(H,21,22)(H,25,26). The van der Waals surface area contributed by atoms with Crippen molar-refractivity contribution >= 4 is 22.9 Å². The van der Waals surface area contributed by atoms with E-state index < -0.39 is 30.5 Å². The van der Waals surface area contributed by atoms with Gasteiger partial charge in [-0.1, -0.05) is 0 Å². The van der Waals surface area contributed by atoms with Crippen molar-refractivity contribution in [1.29, 1.82) is 0 Å². The minimum atomic E-state index is -4.63. The number of aromatic amines is 1. The van der Waals surface area contributed by atoms with Crippen LogP contribution >= 0.6 is 0 Å². The first-order valence-corrected chi connectivity index (χ1v) is 8.16. The van der Waals surface area contributed by atoms with Gasteiger partial charge >= 0.3 is 12.3 Å². The Morgan fingerprint density at radius 2 is 2.00 bits per heavy atom. The molecule has 2 rings (SSSR count). The third kappa shape index (κ3) is 4.98. The Morgan fingerprint density at radius 3 is 2.57 bits per heavy atom. The van der Waals surface area contributed by atoms with Gasteiger partial charge in [-0.05, 0) is 32.0 Å². The Kier molecular flexibility index (Phi) is 6.30. The number of ether oxygens (including phenoxy) is 2. The predicted octanol–water partition coefficient (Wildman–Crippen LogP) is 3.06. The second-order valence-corrected chi connectivity index (χ2v) is 6.53. The summed E-state index contributed by atoms with van der Waals surface area (Å²) in [7, 11) is 1.38. The van der Waals surface area contributed by atoms with Crippen LogP contribution in [0, 0.1) is 0 Å². The Bertz CT molecular complexity index is 863. The molecule has 0 saturated heterocycles. The minimum Gasteiger partial charge on any atom is -0.465 e. The number of ketones is 1. The molecule has 0 bridgehead atoms. The van der Waals surface area contributed by atoms with Crippen molar-refractivity contribution < 1.29 is 37.3 Å². The molecule has 28 heavy (non-hydrogen) atoms. The number of hydrogen-bond donors (Lipinski definition) is 3. The van der Waals surface area contributed by atoms with Gasteiger partial charge in [-0.2, -0.15) is 13.2 Å². The number of amides is 1.